The third kappa shape index (κ3) is 2.30. The van der Waals surface area contributed by atoms with E-state index in [9.17, 15) is 19.2 Å². The van der Waals surface area contributed by atoms with Crippen molar-refractivity contribution < 1.29 is 19.2 Å². The summed E-state index contributed by atoms with van der Waals surface area (Å²) in [6.45, 7) is 7.29. The van der Waals surface area contributed by atoms with E-state index in [-0.39, 0.29) is 30.2 Å². The monoisotopic (exact) mass is 290 g/mol. The first-order chi connectivity index (χ1) is 9.58. The normalized spacial score (nSPS) is 19.4. The van der Waals surface area contributed by atoms with Crippen LogP contribution in [0.25, 0.3) is 0 Å². The van der Waals surface area contributed by atoms with Gasteiger partial charge in [-0.2, -0.15) is 0 Å². The second kappa shape index (κ2) is 4.65. The molecule has 21 heavy (non-hydrogen) atoms. The van der Waals surface area contributed by atoms with Crippen LogP contribution in [0.15, 0.2) is 24.3 Å². The van der Waals surface area contributed by atoms with Crippen molar-refractivity contribution in [3.05, 3.63) is 24.3 Å². The molecule has 0 atom stereocenters. The lowest BCUT2D eigenvalue weighted by molar-refractivity contribution is -0.149. The zero-order valence-electron chi connectivity index (χ0n) is 12.5. The zero-order chi connectivity index (χ0) is 16.0. The van der Waals surface area contributed by atoms with E-state index in [0.717, 1.165) is 4.90 Å². The molecule has 0 N–H and O–H groups in total. The molecule has 2 aliphatic heterocycles. The van der Waals surface area contributed by atoms with Crippen molar-refractivity contribution in [1.29, 1.82) is 0 Å². The number of imide groups is 2. The maximum Gasteiger partial charge on any atom is 0.254 e. The molecule has 0 fully saturated rings. The fourth-order valence-corrected chi connectivity index (χ4v) is 2.43. The Hall–Kier alpha value is -2.24. The van der Waals surface area contributed by atoms with Crippen molar-refractivity contribution in [3.8, 4) is 0 Å². The molecule has 2 heterocycles. The molecule has 6 heteroatoms. The molecule has 4 amide bonds. The minimum absolute atomic E-state index is 0.127. The van der Waals surface area contributed by atoms with Crippen LogP contribution in [0.5, 0.6) is 0 Å². The van der Waals surface area contributed by atoms with Crippen molar-refractivity contribution in [2.75, 3.05) is 6.54 Å². The summed E-state index contributed by atoms with van der Waals surface area (Å²) in [6.07, 6.45) is 4.90. The predicted molar refractivity (Wildman–Crippen MR) is 74.7 cm³/mol. The minimum atomic E-state index is -0.853. The van der Waals surface area contributed by atoms with E-state index < -0.39 is 11.0 Å². The molecule has 0 aromatic carbocycles. The second-order valence-electron chi connectivity index (χ2n) is 6.38. The molecule has 0 bridgehead atoms. The summed E-state index contributed by atoms with van der Waals surface area (Å²) in [5.74, 6) is -1.51. The van der Waals surface area contributed by atoms with Crippen LogP contribution in [-0.4, -0.2) is 45.5 Å². The van der Waals surface area contributed by atoms with E-state index in [0.29, 0.717) is 0 Å². The number of amides is 4. The largest absolute Gasteiger partial charge is 0.275 e. The Bertz CT molecular complexity index is 563. The minimum Gasteiger partial charge on any atom is -0.275 e. The number of carbonyl (C=O) groups is 4. The maximum absolute atomic E-state index is 11.9. The van der Waals surface area contributed by atoms with Crippen molar-refractivity contribution in [2.45, 2.75) is 33.2 Å². The van der Waals surface area contributed by atoms with E-state index in [2.05, 4.69) is 0 Å². The first kappa shape index (κ1) is 15.2. The van der Waals surface area contributed by atoms with Gasteiger partial charge in [0, 0.05) is 36.3 Å². The van der Waals surface area contributed by atoms with Crippen molar-refractivity contribution >= 4 is 23.6 Å². The van der Waals surface area contributed by atoms with Crippen LogP contribution < -0.4 is 0 Å². The molecule has 6 nitrogen and oxygen atoms in total. The Morgan fingerprint density at radius 3 is 1.57 bits per heavy atom. The average Bonchev–Trinajstić information content (AvgIpc) is 2.86. The third-order valence-corrected chi connectivity index (χ3v) is 4.48. The highest BCUT2D eigenvalue weighted by atomic mass is 16.2. The van der Waals surface area contributed by atoms with E-state index in [1.807, 2.05) is 13.8 Å². The maximum atomic E-state index is 11.9. The fourth-order valence-electron chi connectivity index (χ4n) is 2.43. The SMILES string of the molecule is CC(C)(CN1C(=O)C=CC1=O)C(C)(C)N1C(=O)C=CC1=O. The molecule has 2 aliphatic rings. The molecule has 2 rings (SSSR count). The van der Waals surface area contributed by atoms with Crippen LogP contribution in [0.4, 0.5) is 0 Å². The van der Waals surface area contributed by atoms with Crippen LogP contribution in [0.3, 0.4) is 0 Å². The van der Waals surface area contributed by atoms with Crippen LogP contribution in [-0.2, 0) is 19.2 Å². The van der Waals surface area contributed by atoms with Gasteiger partial charge in [0.2, 0.25) is 0 Å². The lowest BCUT2D eigenvalue weighted by Crippen LogP contribution is -2.60. The summed E-state index contributed by atoms with van der Waals surface area (Å²) in [7, 11) is 0. The van der Waals surface area contributed by atoms with E-state index >= 15 is 0 Å². The number of hydrogen-bond acceptors (Lipinski definition) is 4. The van der Waals surface area contributed by atoms with Crippen LogP contribution in [0.1, 0.15) is 27.7 Å². The molecule has 0 radical (unpaired) electrons. The molecule has 0 saturated heterocycles. The van der Waals surface area contributed by atoms with Crippen molar-refractivity contribution in [2.24, 2.45) is 5.41 Å². The lowest BCUT2D eigenvalue weighted by Gasteiger charge is -2.47. The summed E-state index contributed by atoms with van der Waals surface area (Å²) in [5, 5.41) is 0. The summed E-state index contributed by atoms with van der Waals surface area (Å²) in [5.41, 5.74) is -1.52. The second-order valence-corrected chi connectivity index (χ2v) is 6.38. The Balaban J connectivity index is 2.25. The number of rotatable bonds is 4. The van der Waals surface area contributed by atoms with Gasteiger partial charge in [-0.1, -0.05) is 13.8 Å². The highest BCUT2D eigenvalue weighted by Gasteiger charge is 2.49. The molecule has 0 aromatic rings. The molecule has 0 aliphatic carbocycles. The van der Waals surface area contributed by atoms with E-state index in [1.54, 1.807) is 13.8 Å². The number of nitrogens with zero attached hydrogens (tertiary/aromatic N) is 2. The predicted octanol–water partition coefficient (Wildman–Crippen LogP) is 0.641. The topological polar surface area (TPSA) is 74.8 Å². The van der Waals surface area contributed by atoms with Crippen LogP contribution in [0.2, 0.25) is 0 Å². The van der Waals surface area contributed by atoms with Crippen molar-refractivity contribution in [3.63, 3.8) is 0 Å². The standard InChI is InChI=1S/C15H18N2O4/c1-14(2,9-16-10(18)5-6-11(16)19)15(3,4)17-12(20)7-8-13(17)21/h5-8H,9H2,1-4H3. The van der Waals surface area contributed by atoms with Gasteiger partial charge in [0.25, 0.3) is 23.6 Å². The van der Waals surface area contributed by atoms with E-state index in [1.165, 1.54) is 29.2 Å². The molecular weight excluding hydrogens is 272 g/mol. The van der Waals surface area contributed by atoms with Gasteiger partial charge in [0.1, 0.15) is 0 Å². The Labute approximate surface area is 123 Å². The average molecular weight is 290 g/mol. The van der Waals surface area contributed by atoms with Gasteiger partial charge >= 0.3 is 0 Å². The summed E-state index contributed by atoms with van der Waals surface area (Å²) in [4.78, 5) is 49.5. The lowest BCUT2D eigenvalue weighted by atomic mass is 9.72. The van der Waals surface area contributed by atoms with Gasteiger partial charge in [0.05, 0.1) is 5.54 Å². The molecular formula is C15H18N2O4. The van der Waals surface area contributed by atoms with Gasteiger partial charge in [-0.05, 0) is 13.8 Å². The number of hydrogen-bond donors (Lipinski definition) is 0. The molecule has 0 aromatic heterocycles. The van der Waals surface area contributed by atoms with Gasteiger partial charge in [0.15, 0.2) is 0 Å². The summed E-state index contributed by atoms with van der Waals surface area (Å²) >= 11 is 0. The quantitative estimate of drug-likeness (QED) is 0.712. The fraction of sp³-hybridized carbons (Fsp3) is 0.467. The number of carbonyl (C=O) groups excluding carboxylic acids is 4. The summed E-state index contributed by atoms with van der Waals surface area (Å²) in [6, 6.07) is 0. The smallest absolute Gasteiger partial charge is 0.254 e. The van der Waals surface area contributed by atoms with Crippen molar-refractivity contribution in [1.82, 2.24) is 9.80 Å². The van der Waals surface area contributed by atoms with Crippen LogP contribution >= 0.6 is 0 Å². The van der Waals surface area contributed by atoms with Gasteiger partial charge in [-0.25, -0.2) is 0 Å². The summed E-state index contributed by atoms with van der Waals surface area (Å²) < 4.78 is 0. The highest BCUT2D eigenvalue weighted by molar-refractivity contribution is 6.14. The van der Waals surface area contributed by atoms with Gasteiger partial charge in [-0.3, -0.25) is 29.0 Å². The Morgan fingerprint density at radius 1 is 0.762 bits per heavy atom. The highest BCUT2D eigenvalue weighted by Crippen LogP contribution is 2.38. The van der Waals surface area contributed by atoms with Crippen LogP contribution in [0, 0.1) is 5.41 Å². The third-order valence-electron chi connectivity index (χ3n) is 4.48. The molecule has 0 saturated carbocycles. The zero-order valence-corrected chi connectivity index (χ0v) is 12.5. The molecule has 0 unspecified atom stereocenters. The van der Waals surface area contributed by atoms with E-state index in [4.69, 9.17) is 0 Å². The van der Waals surface area contributed by atoms with Gasteiger partial charge in [-0.15, -0.1) is 0 Å². The molecule has 112 valence electrons. The van der Waals surface area contributed by atoms with Gasteiger partial charge < -0.3 is 0 Å². The Morgan fingerprint density at radius 2 is 1.14 bits per heavy atom. The molecule has 0 spiro atoms. The first-order valence-electron chi connectivity index (χ1n) is 6.68. The first-order valence-corrected chi connectivity index (χ1v) is 6.68. The Kier molecular flexibility index (Phi) is 3.35.